The monoisotopic (exact) mass is 965 g/mol. The molecular weight excluding hydrogens is 885 g/mol. The predicted octanol–water partition coefficient (Wildman–Crippen LogP) is 5.54. The zero-order valence-electron chi connectivity index (χ0n) is 43.0. The van der Waals surface area contributed by atoms with Gasteiger partial charge in [-0.2, -0.15) is 0 Å². The van der Waals surface area contributed by atoms with Crippen LogP contribution in [0, 0.1) is 23.7 Å². The van der Waals surface area contributed by atoms with Crippen molar-refractivity contribution < 1.29 is 53.4 Å². The number of nitrogens with zero attached hydrogens (tertiary/aromatic N) is 3. The summed E-state index contributed by atoms with van der Waals surface area (Å²) in [6, 6.07) is 12.3. The number of para-hydroxylation sites is 1. The second-order valence-electron chi connectivity index (χ2n) is 20.2. The Kier molecular flexibility index (Phi) is 19.9. The summed E-state index contributed by atoms with van der Waals surface area (Å²) in [6.45, 7) is 17.6. The Morgan fingerprint density at radius 2 is 1.70 bits per heavy atom. The number of hydrogen-bond donors (Lipinski definition) is 4. The summed E-state index contributed by atoms with van der Waals surface area (Å²) in [5.74, 6) is -3.38. The van der Waals surface area contributed by atoms with Crippen LogP contribution in [0.1, 0.15) is 103 Å². The van der Waals surface area contributed by atoms with E-state index in [-0.39, 0.29) is 60.3 Å². The molecule has 0 radical (unpaired) electrons. The number of carbonyl (C=O) groups is 3. The van der Waals surface area contributed by atoms with E-state index in [0.29, 0.717) is 56.7 Å². The van der Waals surface area contributed by atoms with E-state index >= 15 is 0 Å². The van der Waals surface area contributed by atoms with Crippen LogP contribution in [0.2, 0.25) is 0 Å². The number of likely N-dealkylation sites (N-methyl/N-ethyl adjacent to an activating group) is 2. The van der Waals surface area contributed by atoms with Crippen LogP contribution < -0.4 is 15.5 Å². The number of carbonyl (C=O) groups excluding carboxylic acids is 2. The Bertz CT molecular complexity index is 2250. The van der Waals surface area contributed by atoms with Gasteiger partial charge in [0.05, 0.1) is 40.7 Å². The molecule has 13 atom stereocenters. The third kappa shape index (κ3) is 13.6. The number of carboxylic acids is 1. The fourth-order valence-corrected chi connectivity index (χ4v) is 10.5. The number of esters is 1. The quantitative estimate of drug-likeness (QED) is 0.0972. The number of aryl methyl sites for hydroxylation is 1. The second kappa shape index (κ2) is 24.7. The Labute approximate surface area is 408 Å². The molecule has 2 aliphatic rings. The SMILES string of the molecule is CC[C@@H]1CN(C)[C@@H](C)[C@@H](O)[C@H](C)C[C@@](C)(OC)[C@H](O[C@@H]2O[C@H](C)C[C@H](N(C)C)[C@H]2O)[C@@H](C)[C@H](CC(=O)Cc2cccc(CNCCOc3cccc4c(=O)c(C(=O)O)cn(CC)c34)c2)[C@@H](C)C(=O)O1. The first kappa shape index (κ1) is 55.7. The molecular formula is C53H80N4O12. The number of aliphatic hydroxyl groups is 2. The van der Waals surface area contributed by atoms with Gasteiger partial charge in [-0.25, -0.2) is 4.79 Å². The number of pyridine rings is 1. The van der Waals surface area contributed by atoms with E-state index in [1.165, 1.54) is 6.20 Å². The Morgan fingerprint density at radius 1 is 1.00 bits per heavy atom. The smallest absolute Gasteiger partial charge is 0.341 e. The van der Waals surface area contributed by atoms with E-state index in [1.807, 2.05) is 111 Å². The molecule has 0 bridgehead atoms. The van der Waals surface area contributed by atoms with E-state index in [0.717, 1.165) is 11.1 Å². The highest BCUT2D eigenvalue weighted by Gasteiger charge is 2.50. The van der Waals surface area contributed by atoms with E-state index in [4.69, 9.17) is 23.7 Å². The molecule has 0 aliphatic carbocycles. The van der Waals surface area contributed by atoms with Gasteiger partial charge in [0.2, 0.25) is 5.43 Å². The van der Waals surface area contributed by atoms with Crippen molar-refractivity contribution in [3.8, 4) is 5.75 Å². The fraction of sp³-hybridized carbons (Fsp3) is 0.660. The van der Waals surface area contributed by atoms with Crippen LogP contribution in [0.15, 0.2) is 53.5 Å². The van der Waals surface area contributed by atoms with E-state index in [9.17, 15) is 34.5 Å². The number of methoxy groups -OCH3 is 1. The number of carboxylic acid groups (broad SMARTS) is 1. The minimum Gasteiger partial charge on any atom is -0.490 e. The number of ether oxygens (including phenoxy) is 5. The molecule has 16 nitrogen and oxygen atoms in total. The molecule has 0 amide bonds. The average molecular weight is 965 g/mol. The Hall–Kier alpha value is -4.26. The molecule has 0 saturated carbocycles. The molecule has 1 aromatic heterocycles. The highest BCUT2D eigenvalue weighted by molar-refractivity contribution is 5.94. The maximum absolute atomic E-state index is 14.4. The first-order chi connectivity index (χ1) is 32.6. The van der Waals surface area contributed by atoms with E-state index in [2.05, 4.69) is 5.32 Å². The van der Waals surface area contributed by atoms with Gasteiger partial charge in [0, 0.05) is 64.4 Å². The molecule has 5 rings (SSSR count). The van der Waals surface area contributed by atoms with Crippen molar-refractivity contribution in [2.75, 3.05) is 47.9 Å². The second-order valence-corrected chi connectivity index (χ2v) is 20.2. The number of cyclic esters (lactones) is 1. The molecule has 69 heavy (non-hydrogen) atoms. The van der Waals surface area contributed by atoms with Gasteiger partial charge in [0.1, 0.15) is 35.9 Å². The van der Waals surface area contributed by atoms with Crippen LogP contribution in [0.4, 0.5) is 0 Å². The lowest BCUT2D eigenvalue weighted by Crippen LogP contribution is -2.59. The molecule has 2 fully saturated rings. The largest absolute Gasteiger partial charge is 0.490 e. The highest BCUT2D eigenvalue weighted by Crippen LogP contribution is 2.41. The molecule has 2 aliphatic heterocycles. The lowest BCUT2D eigenvalue weighted by atomic mass is 9.71. The molecule has 16 heteroatoms. The fourth-order valence-electron chi connectivity index (χ4n) is 10.5. The number of benzene rings is 2. The lowest BCUT2D eigenvalue weighted by Gasteiger charge is -2.49. The van der Waals surface area contributed by atoms with Crippen LogP contribution in [0.25, 0.3) is 10.9 Å². The standard InChI is InChI=1S/C53H80N4O12/c1-13-39-29-56(11)35(7)46(59)31(3)27-53(8,65-12)49(69-52-48(61)43(55(9)10)23-32(4)67-52)33(5)41(34(6)51(64)68-39)26-38(58)25-36-17-15-18-37(24-36)28-54-21-22-66-44-20-16-19-40-45(44)57(14-2)30-42(47(40)60)50(62)63/h15-20,24,30-35,39,41,43,46,48-49,52,54,59,61H,13-14,21-23,25-29H2,1-12H3,(H,62,63)/t31-,32-,33+,34-,35+,39-,41+,43+,46+,48-,49-,52+,53-/m1/s1. The molecule has 3 heterocycles. The van der Waals surface area contributed by atoms with Crippen molar-refractivity contribution in [3.05, 3.63) is 75.6 Å². The van der Waals surface area contributed by atoms with Gasteiger partial charge in [-0.15, -0.1) is 0 Å². The average Bonchev–Trinajstić information content (AvgIpc) is 3.31. The molecule has 4 N–H and O–H groups in total. The van der Waals surface area contributed by atoms with Crippen LogP contribution in [-0.4, -0.2) is 150 Å². The number of hydrogen-bond acceptors (Lipinski definition) is 14. The predicted molar refractivity (Wildman–Crippen MR) is 264 cm³/mol. The van der Waals surface area contributed by atoms with Gasteiger partial charge in [0.25, 0.3) is 0 Å². The van der Waals surface area contributed by atoms with Crippen LogP contribution in [0.3, 0.4) is 0 Å². The summed E-state index contributed by atoms with van der Waals surface area (Å²) in [5, 5.41) is 36.7. The van der Waals surface area contributed by atoms with E-state index in [1.54, 1.807) is 29.9 Å². The van der Waals surface area contributed by atoms with Gasteiger partial charge >= 0.3 is 11.9 Å². The topological polar surface area (TPSA) is 199 Å². The van der Waals surface area contributed by atoms with Crippen LogP contribution in [0.5, 0.6) is 5.75 Å². The zero-order chi connectivity index (χ0) is 50.9. The van der Waals surface area contributed by atoms with Crippen molar-refractivity contribution >= 4 is 28.6 Å². The maximum atomic E-state index is 14.4. The minimum absolute atomic E-state index is 0.0330. The number of aliphatic hydroxyl groups excluding tert-OH is 2. The zero-order valence-corrected chi connectivity index (χ0v) is 43.0. The van der Waals surface area contributed by atoms with Crippen molar-refractivity contribution in [3.63, 3.8) is 0 Å². The van der Waals surface area contributed by atoms with E-state index < -0.39 is 71.4 Å². The molecule has 0 unspecified atom stereocenters. The van der Waals surface area contributed by atoms with Gasteiger partial charge in [-0.1, -0.05) is 58.0 Å². The third-order valence-corrected chi connectivity index (χ3v) is 14.9. The van der Waals surface area contributed by atoms with Crippen molar-refractivity contribution in [2.24, 2.45) is 23.7 Å². The van der Waals surface area contributed by atoms with Crippen molar-refractivity contribution in [2.45, 2.75) is 155 Å². The lowest BCUT2D eigenvalue weighted by molar-refractivity contribution is -0.300. The molecule has 384 valence electrons. The van der Waals surface area contributed by atoms with Gasteiger partial charge in [-0.05, 0) is 109 Å². The molecule has 0 spiro atoms. The summed E-state index contributed by atoms with van der Waals surface area (Å²) in [5.41, 5.74) is 0.395. The highest BCUT2D eigenvalue weighted by atomic mass is 16.7. The number of rotatable bonds is 17. The summed E-state index contributed by atoms with van der Waals surface area (Å²) < 4.78 is 33.8. The number of fused-ring (bicyclic) bond motifs is 1. The number of Topliss-reactive ketones (excluding diaryl/α,β-unsaturated/α-hetero) is 1. The van der Waals surface area contributed by atoms with Crippen molar-refractivity contribution in [1.29, 1.82) is 0 Å². The summed E-state index contributed by atoms with van der Waals surface area (Å²) in [6.07, 6.45) is -1.23. The van der Waals surface area contributed by atoms with Crippen LogP contribution >= 0.6 is 0 Å². The first-order valence-electron chi connectivity index (χ1n) is 24.8. The third-order valence-electron chi connectivity index (χ3n) is 14.9. The van der Waals surface area contributed by atoms with Gasteiger partial charge < -0.3 is 53.8 Å². The molecule has 3 aromatic rings. The Balaban J connectivity index is 1.37. The molecule has 2 aromatic carbocycles. The number of aromatic nitrogens is 1. The number of aromatic carboxylic acids is 1. The normalized spacial score (nSPS) is 31.0. The van der Waals surface area contributed by atoms with Gasteiger partial charge in [0.15, 0.2) is 6.29 Å². The first-order valence-corrected chi connectivity index (χ1v) is 24.8. The van der Waals surface area contributed by atoms with Crippen molar-refractivity contribution in [1.82, 2.24) is 19.7 Å². The number of nitrogens with one attached hydrogen (secondary N) is 1. The van der Waals surface area contributed by atoms with Gasteiger partial charge in [-0.3, -0.25) is 19.3 Å². The number of ketones is 1. The maximum Gasteiger partial charge on any atom is 0.341 e. The summed E-state index contributed by atoms with van der Waals surface area (Å²) >= 11 is 0. The molecule has 2 saturated heterocycles. The summed E-state index contributed by atoms with van der Waals surface area (Å²) in [4.78, 5) is 57.4. The Morgan fingerprint density at radius 3 is 2.35 bits per heavy atom. The van der Waals surface area contributed by atoms with Crippen LogP contribution in [-0.2, 0) is 48.0 Å². The summed E-state index contributed by atoms with van der Waals surface area (Å²) in [7, 11) is 7.36. The minimum atomic E-state index is -1.28.